The largest absolute Gasteiger partial charge is 0.484 e. The Labute approximate surface area is 157 Å². The molecule has 1 saturated heterocycles. The van der Waals surface area contributed by atoms with E-state index in [1.165, 1.54) is 12.5 Å². The zero-order valence-electron chi connectivity index (χ0n) is 14.3. The summed E-state index contributed by atoms with van der Waals surface area (Å²) in [6.45, 7) is 1.94. The minimum Gasteiger partial charge on any atom is -0.484 e. The lowest BCUT2D eigenvalue weighted by atomic mass is 9.96. The van der Waals surface area contributed by atoms with E-state index in [4.69, 9.17) is 20.8 Å². The summed E-state index contributed by atoms with van der Waals surface area (Å²) in [5.41, 5.74) is 0.580. The monoisotopic (exact) mass is 376 g/mol. The summed E-state index contributed by atoms with van der Waals surface area (Å²) < 4.78 is 10.4. The Bertz CT molecular complexity index is 723. The van der Waals surface area contributed by atoms with E-state index in [1.54, 1.807) is 30.3 Å². The van der Waals surface area contributed by atoms with Crippen LogP contribution in [-0.2, 0) is 4.79 Å². The quantitative estimate of drug-likeness (QED) is 0.841. The van der Waals surface area contributed by atoms with E-state index in [-0.39, 0.29) is 18.4 Å². The molecular formula is C19H21ClN2O4. The number of hydrogen-bond acceptors (Lipinski definition) is 4. The number of piperidine rings is 1. The maximum atomic E-state index is 12.2. The van der Waals surface area contributed by atoms with Crippen molar-refractivity contribution < 1.29 is 18.7 Å². The van der Waals surface area contributed by atoms with Crippen LogP contribution >= 0.6 is 11.6 Å². The van der Waals surface area contributed by atoms with Crippen LogP contribution in [0.15, 0.2) is 47.3 Å². The van der Waals surface area contributed by atoms with E-state index in [9.17, 15) is 9.59 Å². The summed E-state index contributed by atoms with van der Waals surface area (Å²) in [4.78, 5) is 26.0. The van der Waals surface area contributed by atoms with Crippen LogP contribution in [-0.4, -0.2) is 43.0 Å². The highest BCUT2D eigenvalue weighted by Crippen LogP contribution is 2.19. The minimum absolute atomic E-state index is 0.00222. The van der Waals surface area contributed by atoms with Crippen molar-refractivity contribution in [3.63, 3.8) is 0 Å². The molecule has 26 heavy (non-hydrogen) atoms. The smallest absolute Gasteiger partial charge is 0.257 e. The molecule has 7 heteroatoms. The van der Waals surface area contributed by atoms with Crippen LogP contribution in [0.2, 0.25) is 5.02 Å². The molecule has 2 aromatic rings. The zero-order valence-corrected chi connectivity index (χ0v) is 15.1. The SMILES string of the molecule is O=C(COc1ccc(Cl)cc1)NCC1CCN(C(=O)c2ccoc2)CC1. The van der Waals surface area contributed by atoms with Gasteiger partial charge in [-0.05, 0) is 49.1 Å². The zero-order chi connectivity index (χ0) is 18.4. The summed E-state index contributed by atoms with van der Waals surface area (Å²) in [5, 5.41) is 3.52. The molecule has 1 aliphatic rings. The first kappa shape index (κ1) is 18.3. The first-order chi connectivity index (χ1) is 12.6. The fourth-order valence-electron chi connectivity index (χ4n) is 2.90. The number of furan rings is 1. The maximum absolute atomic E-state index is 12.2. The molecule has 1 fully saturated rings. The number of likely N-dealkylation sites (tertiary alicyclic amines) is 1. The third kappa shape index (κ3) is 5.02. The predicted octanol–water partition coefficient (Wildman–Crippen LogP) is 2.98. The number of rotatable bonds is 6. The van der Waals surface area contributed by atoms with Crippen molar-refractivity contribution >= 4 is 23.4 Å². The van der Waals surface area contributed by atoms with Crippen LogP contribution in [0.4, 0.5) is 0 Å². The molecule has 1 aromatic heterocycles. The number of ether oxygens (including phenoxy) is 1. The average molecular weight is 377 g/mol. The first-order valence-corrected chi connectivity index (χ1v) is 8.96. The molecule has 0 bridgehead atoms. The van der Waals surface area contributed by atoms with E-state index < -0.39 is 0 Å². The number of nitrogens with zero attached hydrogens (tertiary/aromatic N) is 1. The third-order valence-corrected chi connectivity index (χ3v) is 4.69. The van der Waals surface area contributed by atoms with Crippen LogP contribution in [0.3, 0.4) is 0 Å². The second-order valence-corrected chi connectivity index (χ2v) is 6.73. The Hall–Kier alpha value is -2.47. The van der Waals surface area contributed by atoms with E-state index in [0.717, 1.165) is 12.8 Å². The number of hydrogen-bond donors (Lipinski definition) is 1. The van der Waals surface area contributed by atoms with E-state index in [0.29, 0.717) is 41.9 Å². The highest BCUT2D eigenvalue weighted by Gasteiger charge is 2.24. The summed E-state index contributed by atoms with van der Waals surface area (Å²) in [5.74, 6) is 0.813. The fraction of sp³-hybridized carbons (Fsp3) is 0.368. The second-order valence-electron chi connectivity index (χ2n) is 6.29. The Morgan fingerprint density at radius 3 is 2.58 bits per heavy atom. The van der Waals surface area contributed by atoms with E-state index in [2.05, 4.69) is 5.32 Å². The summed E-state index contributed by atoms with van der Waals surface area (Å²) in [6.07, 6.45) is 4.70. The molecule has 2 heterocycles. The van der Waals surface area contributed by atoms with Gasteiger partial charge in [0.2, 0.25) is 0 Å². The number of halogens is 1. The van der Waals surface area contributed by atoms with Gasteiger partial charge in [0.05, 0.1) is 11.8 Å². The van der Waals surface area contributed by atoms with Crippen LogP contribution in [0.1, 0.15) is 23.2 Å². The molecule has 0 radical (unpaired) electrons. The van der Waals surface area contributed by atoms with Crippen molar-refractivity contribution in [1.29, 1.82) is 0 Å². The Morgan fingerprint density at radius 1 is 1.19 bits per heavy atom. The van der Waals surface area contributed by atoms with Gasteiger partial charge in [0.1, 0.15) is 12.0 Å². The Morgan fingerprint density at radius 2 is 1.92 bits per heavy atom. The van der Waals surface area contributed by atoms with Crippen LogP contribution in [0, 0.1) is 5.92 Å². The summed E-state index contributed by atoms with van der Waals surface area (Å²) >= 11 is 5.80. The van der Waals surface area contributed by atoms with Gasteiger partial charge in [-0.1, -0.05) is 11.6 Å². The predicted molar refractivity (Wildman–Crippen MR) is 97.3 cm³/mol. The van der Waals surface area contributed by atoms with Gasteiger partial charge in [0.25, 0.3) is 11.8 Å². The number of benzene rings is 1. The lowest BCUT2D eigenvalue weighted by Crippen LogP contribution is -2.42. The fourth-order valence-corrected chi connectivity index (χ4v) is 3.02. The van der Waals surface area contributed by atoms with Gasteiger partial charge in [-0.3, -0.25) is 9.59 Å². The topological polar surface area (TPSA) is 71.8 Å². The lowest BCUT2D eigenvalue weighted by Gasteiger charge is -2.31. The molecule has 6 nitrogen and oxygen atoms in total. The van der Waals surface area contributed by atoms with Gasteiger partial charge in [0.15, 0.2) is 6.61 Å². The van der Waals surface area contributed by atoms with Crippen molar-refractivity contribution in [1.82, 2.24) is 10.2 Å². The molecule has 3 rings (SSSR count). The molecule has 0 unspecified atom stereocenters. The highest BCUT2D eigenvalue weighted by atomic mass is 35.5. The molecule has 1 aromatic carbocycles. The normalized spacial score (nSPS) is 14.9. The van der Waals surface area contributed by atoms with Crippen molar-refractivity contribution in [3.05, 3.63) is 53.4 Å². The van der Waals surface area contributed by atoms with Crippen LogP contribution in [0.25, 0.3) is 0 Å². The first-order valence-electron chi connectivity index (χ1n) is 8.58. The maximum Gasteiger partial charge on any atom is 0.257 e. The van der Waals surface area contributed by atoms with Gasteiger partial charge in [-0.25, -0.2) is 0 Å². The van der Waals surface area contributed by atoms with Crippen molar-refractivity contribution in [2.75, 3.05) is 26.2 Å². The van der Waals surface area contributed by atoms with Crippen LogP contribution in [0.5, 0.6) is 5.75 Å². The highest BCUT2D eigenvalue weighted by molar-refractivity contribution is 6.30. The molecular weight excluding hydrogens is 356 g/mol. The van der Waals surface area contributed by atoms with Crippen molar-refractivity contribution in [2.45, 2.75) is 12.8 Å². The van der Waals surface area contributed by atoms with Gasteiger partial charge in [-0.2, -0.15) is 0 Å². The molecule has 2 amide bonds. The average Bonchev–Trinajstić information content (AvgIpc) is 3.20. The van der Waals surface area contributed by atoms with Crippen LogP contribution < -0.4 is 10.1 Å². The number of carbonyl (C=O) groups excluding carboxylic acids is 2. The summed E-state index contributed by atoms with van der Waals surface area (Å²) in [6, 6.07) is 8.56. The van der Waals surface area contributed by atoms with Gasteiger partial charge in [-0.15, -0.1) is 0 Å². The van der Waals surface area contributed by atoms with E-state index in [1.807, 2.05) is 4.90 Å². The van der Waals surface area contributed by atoms with Crippen molar-refractivity contribution in [2.24, 2.45) is 5.92 Å². The van der Waals surface area contributed by atoms with Gasteiger partial charge >= 0.3 is 0 Å². The number of amides is 2. The molecule has 1 N–H and O–H groups in total. The second kappa shape index (κ2) is 8.76. The molecule has 0 spiro atoms. The van der Waals surface area contributed by atoms with Gasteiger partial charge < -0.3 is 19.4 Å². The Balaban J connectivity index is 1.35. The van der Waals surface area contributed by atoms with E-state index >= 15 is 0 Å². The number of nitrogens with one attached hydrogen (secondary N) is 1. The molecule has 0 aliphatic carbocycles. The summed E-state index contributed by atoms with van der Waals surface area (Å²) in [7, 11) is 0. The van der Waals surface area contributed by atoms with Crippen molar-refractivity contribution in [3.8, 4) is 5.75 Å². The molecule has 0 atom stereocenters. The standard InChI is InChI=1S/C19H21ClN2O4/c20-16-1-3-17(4-2-16)26-13-18(23)21-11-14-5-8-22(9-6-14)19(24)15-7-10-25-12-15/h1-4,7,10,12,14H,5-6,8-9,11,13H2,(H,21,23). The van der Waals surface area contributed by atoms with Gasteiger partial charge in [0, 0.05) is 24.7 Å². The third-order valence-electron chi connectivity index (χ3n) is 4.44. The number of carbonyl (C=O) groups is 2. The molecule has 138 valence electrons. The lowest BCUT2D eigenvalue weighted by molar-refractivity contribution is -0.123. The Kier molecular flexibility index (Phi) is 6.17. The minimum atomic E-state index is -0.156. The molecule has 1 aliphatic heterocycles. The molecule has 0 saturated carbocycles.